The Hall–Kier alpha value is -6.30. The maximum Gasteiger partial charge on any atom is 0.115 e. The molecule has 1 aliphatic heterocycles. The number of aromatic nitrogens is 2. The summed E-state index contributed by atoms with van der Waals surface area (Å²) in [5.74, 6) is 0. The number of para-hydroxylation sites is 2. The zero-order valence-electron chi connectivity index (χ0n) is 31.6. The van der Waals surface area contributed by atoms with Crippen molar-refractivity contribution in [3.05, 3.63) is 169 Å². The summed E-state index contributed by atoms with van der Waals surface area (Å²) >= 11 is 2.41. The molecule has 0 radical (unpaired) electrons. The summed E-state index contributed by atoms with van der Waals surface area (Å²) in [5, 5.41) is 18.6. The Morgan fingerprint density at radius 3 is 1.12 bits per heavy atom. The molecule has 8 aromatic rings. The third kappa shape index (κ3) is 7.46. The van der Waals surface area contributed by atoms with E-state index >= 15 is 0 Å². The van der Waals surface area contributed by atoms with E-state index in [4.69, 9.17) is 17.5 Å². The fourth-order valence-electron chi connectivity index (χ4n) is 7.60. The number of rotatable bonds is 14. The van der Waals surface area contributed by atoms with Crippen molar-refractivity contribution < 1.29 is 10.2 Å². The molecule has 8 nitrogen and oxygen atoms in total. The van der Waals surface area contributed by atoms with Crippen molar-refractivity contribution in [3.63, 3.8) is 0 Å². The first-order valence-corrected chi connectivity index (χ1v) is 20.9. The molecular weight excluding hydrogens is 757 g/mol. The van der Waals surface area contributed by atoms with E-state index in [2.05, 4.69) is 155 Å². The van der Waals surface area contributed by atoms with Crippen molar-refractivity contribution in [1.82, 2.24) is 8.75 Å². The topological polar surface area (TPSA) is 97.4 Å². The van der Waals surface area contributed by atoms with Gasteiger partial charge in [0.1, 0.15) is 22.4 Å². The Bertz CT molecular complexity index is 2530. The van der Waals surface area contributed by atoms with Crippen LogP contribution < -0.4 is 9.80 Å². The number of anilines is 6. The van der Waals surface area contributed by atoms with Gasteiger partial charge in [0.15, 0.2) is 0 Å². The molecule has 0 atom stereocenters. The first-order chi connectivity index (χ1) is 28.7. The molecule has 0 saturated heterocycles. The fourth-order valence-corrected chi connectivity index (χ4v) is 8.72. The summed E-state index contributed by atoms with van der Waals surface area (Å²) < 4.78 is 19.5. The average molecular weight is 797 g/mol. The maximum atomic E-state index is 9.32. The van der Waals surface area contributed by atoms with Crippen molar-refractivity contribution >= 4 is 79.6 Å². The Morgan fingerprint density at radius 2 is 0.759 bits per heavy atom. The van der Waals surface area contributed by atoms with Crippen molar-refractivity contribution in [3.8, 4) is 22.3 Å². The quantitative estimate of drug-likeness (QED) is 0.114. The van der Waals surface area contributed by atoms with Crippen molar-refractivity contribution in [2.75, 3.05) is 23.0 Å². The van der Waals surface area contributed by atoms with Gasteiger partial charge in [0.2, 0.25) is 0 Å². The molecule has 0 fully saturated rings. The van der Waals surface area contributed by atoms with Crippen LogP contribution in [0.5, 0.6) is 0 Å². The molecule has 10 heteroatoms. The summed E-state index contributed by atoms with van der Waals surface area (Å²) in [6, 6.07) is 55.0. The lowest BCUT2D eigenvalue weighted by Gasteiger charge is -2.26. The highest BCUT2D eigenvalue weighted by Crippen LogP contribution is 2.52. The van der Waals surface area contributed by atoms with E-state index in [-0.39, 0.29) is 13.2 Å². The summed E-state index contributed by atoms with van der Waals surface area (Å²) in [5.41, 5.74) is 15.8. The lowest BCUT2D eigenvalue weighted by atomic mass is 9.93. The highest BCUT2D eigenvalue weighted by molar-refractivity contribution is 7.58. The molecule has 1 aliphatic rings. The van der Waals surface area contributed by atoms with Gasteiger partial charge in [-0.25, -0.2) is 0 Å². The zero-order chi connectivity index (χ0) is 39.3. The Balaban J connectivity index is 1.07. The zero-order valence-corrected chi connectivity index (χ0v) is 33.3. The lowest BCUT2D eigenvalue weighted by molar-refractivity contribution is 0.288. The fraction of sp³-hybridized carbons (Fsp3) is 0.125. The molecule has 0 unspecified atom stereocenters. The monoisotopic (exact) mass is 796 g/mol. The second kappa shape index (κ2) is 17.1. The number of nitrogens with zero attached hydrogens (tertiary/aromatic N) is 6. The smallest absolute Gasteiger partial charge is 0.115 e. The summed E-state index contributed by atoms with van der Waals surface area (Å²) in [6.07, 6.45) is 3.18. The Labute approximate surface area is 345 Å². The van der Waals surface area contributed by atoms with Crippen LogP contribution in [0.1, 0.15) is 24.0 Å². The summed E-state index contributed by atoms with van der Waals surface area (Å²) in [6.45, 7) is 0.371. The van der Waals surface area contributed by atoms with Gasteiger partial charge in [-0.15, -0.1) is 0 Å². The van der Waals surface area contributed by atoms with Crippen molar-refractivity contribution in [2.24, 2.45) is 8.73 Å². The molecular formula is C48H40N6O2S2. The minimum atomic E-state index is 0.185. The van der Waals surface area contributed by atoms with Gasteiger partial charge in [-0.1, -0.05) is 84.9 Å². The molecule has 2 N–H and O–H groups in total. The number of aliphatic hydroxyl groups excluding tert-OH is 2. The van der Waals surface area contributed by atoms with E-state index in [1.54, 1.807) is 0 Å². The van der Waals surface area contributed by atoms with Crippen LogP contribution in [-0.4, -0.2) is 32.2 Å². The molecule has 0 bridgehead atoms. The van der Waals surface area contributed by atoms with Crippen LogP contribution in [0.25, 0.3) is 33.3 Å². The van der Waals surface area contributed by atoms with Gasteiger partial charge in [-0.3, -0.25) is 0 Å². The second-order valence-electron chi connectivity index (χ2n) is 14.1. The average Bonchev–Trinajstić information content (AvgIpc) is 3.97. The largest absolute Gasteiger partial charge is 0.396 e. The van der Waals surface area contributed by atoms with Gasteiger partial charge in [0.05, 0.1) is 23.1 Å². The van der Waals surface area contributed by atoms with Crippen molar-refractivity contribution in [1.29, 1.82) is 0 Å². The van der Waals surface area contributed by atoms with Gasteiger partial charge in [-0.2, -0.15) is 17.5 Å². The van der Waals surface area contributed by atoms with Crippen molar-refractivity contribution in [2.45, 2.75) is 25.7 Å². The van der Waals surface area contributed by atoms with Crippen LogP contribution in [0.3, 0.4) is 0 Å². The number of aryl methyl sites for hydroxylation is 2. The second-order valence-corrected chi connectivity index (χ2v) is 15.2. The molecule has 58 heavy (non-hydrogen) atoms. The highest BCUT2D eigenvalue weighted by atomic mass is 32.1. The van der Waals surface area contributed by atoms with E-state index in [1.807, 2.05) is 12.1 Å². The van der Waals surface area contributed by atoms with E-state index in [0.29, 0.717) is 0 Å². The van der Waals surface area contributed by atoms with E-state index in [9.17, 15) is 10.2 Å². The predicted molar refractivity (Wildman–Crippen MR) is 240 cm³/mol. The van der Waals surface area contributed by atoms with Crippen LogP contribution in [0, 0.1) is 0 Å². The molecule has 7 aromatic carbocycles. The summed E-state index contributed by atoms with van der Waals surface area (Å²) in [4.78, 5) is 4.50. The number of hydrogen-bond donors (Lipinski definition) is 2. The molecule has 1 aromatic heterocycles. The number of hydrogen-bond acceptors (Lipinski definition) is 9. The first kappa shape index (κ1) is 37.3. The van der Waals surface area contributed by atoms with Gasteiger partial charge in [-0.05, 0) is 121 Å². The first-order valence-electron chi connectivity index (χ1n) is 19.4. The molecule has 0 saturated carbocycles. The SMILES string of the molecule is OCCCc1ccc(N(c2ccccc2)c2ccc(-c3c4c(c(-c5ccc(N(c6ccccc6)c6ccc(CCCO)cc6)cc5)c5nsnc35)N=S=N4)cc2)cc1. The third-order valence-electron chi connectivity index (χ3n) is 10.4. The Kier molecular flexibility index (Phi) is 11.0. The van der Waals surface area contributed by atoms with Crippen LogP contribution in [0.4, 0.5) is 45.5 Å². The van der Waals surface area contributed by atoms with Gasteiger partial charge < -0.3 is 20.0 Å². The van der Waals surface area contributed by atoms with E-state index in [1.165, 1.54) is 34.2 Å². The normalized spacial score (nSPS) is 11.8. The van der Waals surface area contributed by atoms with Gasteiger partial charge >= 0.3 is 0 Å². The van der Waals surface area contributed by atoms with Crippen LogP contribution in [-0.2, 0) is 24.2 Å². The van der Waals surface area contributed by atoms with Crippen LogP contribution >= 0.6 is 11.7 Å². The minimum absolute atomic E-state index is 0.185. The minimum Gasteiger partial charge on any atom is -0.396 e. The molecule has 0 amide bonds. The van der Waals surface area contributed by atoms with Crippen LogP contribution in [0.15, 0.2) is 166 Å². The standard InChI is InChI=1S/C48H40N6O2S2/c55-31-7-9-33-15-23-39(24-16-33)53(37-11-3-1-4-12-37)41-27-19-35(20-28-41)43-45-47(51-57-49-45)44(48-46(43)50-58-52-48)36-21-29-42(30-22-36)54(38-13-5-2-6-14-38)40-25-17-34(18-26-40)10-8-32-56/h1-6,11-30,55-56H,7-10,31-32H2. The maximum absolute atomic E-state index is 9.32. The highest BCUT2D eigenvalue weighted by Gasteiger charge is 2.27. The Morgan fingerprint density at radius 1 is 0.414 bits per heavy atom. The van der Waals surface area contributed by atoms with Gasteiger partial charge in [0.25, 0.3) is 0 Å². The molecule has 2 heterocycles. The summed E-state index contributed by atoms with van der Waals surface area (Å²) in [7, 11) is 0. The van der Waals surface area contributed by atoms with Crippen LogP contribution in [0.2, 0.25) is 0 Å². The van der Waals surface area contributed by atoms with E-state index < -0.39 is 0 Å². The molecule has 286 valence electrons. The predicted octanol–water partition coefficient (Wildman–Crippen LogP) is 12.5. The lowest BCUT2D eigenvalue weighted by Crippen LogP contribution is -2.09. The van der Waals surface area contributed by atoms with Gasteiger partial charge in [0, 0.05) is 58.5 Å². The molecule has 0 spiro atoms. The number of benzene rings is 7. The number of aliphatic hydroxyl groups is 2. The molecule has 9 rings (SSSR count). The third-order valence-corrected chi connectivity index (χ3v) is 11.5. The number of fused-ring (bicyclic) bond motifs is 2. The van der Waals surface area contributed by atoms with E-state index in [0.717, 1.165) is 104 Å². The molecule has 0 aliphatic carbocycles.